The molecule has 1 unspecified atom stereocenters. The van der Waals surface area contributed by atoms with E-state index in [0.717, 1.165) is 25.1 Å². The Morgan fingerprint density at radius 3 is 2.78 bits per heavy atom. The summed E-state index contributed by atoms with van der Waals surface area (Å²) in [5.41, 5.74) is 6.87. The first-order valence-electron chi connectivity index (χ1n) is 6.86. The number of hydrogen-bond acceptors (Lipinski definition) is 3. The maximum Gasteiger partial charge on any atom is 0.141 e. The fraction of sp³-hybridized carbons (Fsp3) is 0.769. The minimum atomic E-state index is 0.401. The van der Waals surface area contributed by atoms with Crippen LogP contribution in [0.3, 0.4) is 0 Å². The van der Waals surface area contributed by atoms with Crippen LogP contribution in [0, 0.1) is 6.92 Å². The van der Waals surface area contributed by atoms with E-state index in [1.54, 1.807) is 0 Å². The minimum absolute atomic E-state index is 0.401. The van der Waals surface area contributed by atoms with Crippen molar-refractivity contribution in [2.45, 2.75) is 45.6 Å². The second-order valence-electron chi connectivity index (χ2n) is 5.16. The van der Waals surface area contributed by atoms with Crippen molar-refractivity contribution in [2.75, 3.05) is 25.4 Å². The van der Waals surface area contributed by atoms with Gasteiger partial charge in [-0.3, -0.25) is 0 Å². The van der Waals surface area contributed by atoms with Gasteiger partial charge < -0.3 is 10.6 Å². The third-order valence-electron chi connectivity index (χ3n) is 3.72. The summed E-state index contributed by atoms with van der Waals surface area (Å²) in [6.45, 7) is 7.67. The molecule has 1 aliphatic rings. The standard InChI is InChI=1S/C13H23ClN4/c1-3-7-17-8-4-5-11(6-9-17)18-13(15)12(14)10(2)16-18/h11H,3-9,15H2,1-2H3. The molecule has 0 radical (unpaired) electrons. The molecule has 0 saturated carbocycles. The lowest BCUT2D eigenvalue weighted by molar-refractivity contribution is 0.280. The molecule has 0 aliphatic carbocycles. The maximum atomic E-state index is 6.12. The number of nitrogens with two attached hydrogens (primary N) is 1. The summed E-state index contributed by atoms with van der Waals surface area (Å²) in [5.74, 6) is 0.628. The van der Waals surface area contributed by atoms with E-state index in [9.17, 15) is 0 Å². The molecule has 0 bridgehead atoms. The van der Waals surface area contributed by atoms with Crippen LogP contribution in [-0.4, -0.2) is 34.3 Å². The number of hydrogen-bond donors (Lipinski definition) is 1. The number of nitrogen functional groups attached to an aromatic ring is 1. The lowest BCUT2D eigenvalue weighted by Crippen LogP contribution is -2.25. The van der Waals surface area contributed by atoms with E-state index in [-0.39, 0.29) is 0 Å². The monoisotopic (exact) mass is 270 g/mol. The number of aryl methyl sites for hydroxylation is 1. The van der Waals surface area contributed by atoms with E-state index in [2.05, 4.69) is 16.9 Å². The Labute approximate surface area is 114 Å². The summed E-state index contributed by atoms with van der Waals surface area (Å²) < 4.78 is 1.94. The van der Waals surface area contributed by atoms with Gasteiger partial charge >= 0.3 is 0 Å². The first-order valence-corrected chi connectivity index (χ1v) is 7.23. The highest BCUT2D eigenvalue weighted by molar-refractivity contribution is 6.33. The van der Waals surface area contributed by atoms with Crippen molar-refractivity contribution in [2.24, 2.45) is 0 Å². The fourth-order valence-corrected chi connectivity index (χ4v) is 2.87. The van der Waals surface area contributed by atoms with Gasteiger partial charge in [0, 0.05) is 6.54 Å². The Bertz CT molecular complexity index is 402. The second-order valence-corrected chi connectivity index (χ2v) is 5.53. The van der Waals surface area contributed by atoms with Crippen LogP contribution < -0.4 is 5.73 Å². The highest BCUT2D eigenvalue weighted by Gasteiger charge is 2.22. The number of aromatic nitrogens is 2. The lowest BCUT2D eigenvalue weighted by atomic mass is 10.1. The Hall–Kier alpha value is -0.740. The summed E-state index contributed by atoms with van der Waals surface area (Å²) >= 11 is 6.12. The molecule has 4 nitrogen and oxygen atoms in total. The number of halogens is 1. The zero-order chi connectivity index (χ0) is 13.1. The van der Waals surface area contributed by atoms with E-state index < -0.39 is 0 Å². The van der Waals surface area contributed by atoms with Crippen molar-refractivity contribution in [3.63, 3.8) is 0 Å². The van der Waals surface area contributed by atoms with E-state index in [1.165, 1.54) is 25.9 Å². The third-order valence-corrected chi connectivity index (χ3v) is 4.19. The van der Waals surface area contributed by atoms with Crippen LogP contribution >= 0.6 is 11.6 Å². The third kappa shape index (κ3) is 2.81. The molecule has 2 N–H and O–H groups in total. The summed E-state index contributed by atoms with van der Waals surface area (Å²) in [4.78, 5) is 2.54. The average molecular weight is 271 g/mol. The van der Waals surface area contributed by atoms with Crippen molar-refractivity contribution in [3.8, 4) is 0 Å². The van der Waals surface area contributed by atoms with Crippen LogP contribution in [0.25, 0.3) is 0 Å². The van der Waals surface area contributed by atoms with Gasteiger partial charge in [0.05, 0.1) is 11.7 Å². The molecular weight excluding hydrogens is 248 g/mol. The molecule has 1 aliphatic heterocycles. The molecule has 0 spiro atoms. The largest absolute Gasteiger partial charge is 0.383 e. The van der Waals surface area contributed by atoms with E-state index in [0.29, 0.717) is 16.9 Å². The van der Waals surface area contributed by atoms with Crippen molar-refractivity contribution in [1.29, 1.82) is 0 Å². The van der Waals surface area contributed by atoms with Gasteiger partial charge in [-0.2, -0.15) is 5.10 Å². The second kappa shape index (κ2) is 5.93. The van der Waals surface area contributed by atoms with Gasteiger partial charge in [-0.15, -0.1) is 0 Å². The van der Waals surface area contributed by atoms with Gasteiger partial charge in [0.15, 0.2) is 0 Å². The minimum Gasteiger partial charge on any atom is -0.383 e. The summed E-state index contributed by atoms with van der Waals surface area (Å²) in [6, 6.07) is 0.401. The lowest BCUT2D eigenvalue weighted by Gasteiger charge is -2.19. The zero-order valence-electron chi connectivity index (χ0n) is 11.3. The van der Waals surface area contributed by atoms with Crippen molar-refractivity contribution in [1.82, 2.24) is 14.7 Å². The molecule has 1 saturated heterocycles. The van der Waals surface area contributed by atoms with Gasteiger partial charge in [0.25, 0.3) is 0 Å². The first kappa shape index (κ1) is 13.7. The fourth-order valence-electron chi connectivity index (χ4n) is 2.75. The quantitative estimate of drug-likeness (QED) is 0.919. The van der Waals surface area contributed by atoms with Crippen LogP contribution in [-0.2, 0) is 0 Å². The molecule has 0 aromatic carbocycles. The average Bonchev–Trinajstić information content (AvgIpc) is 2.58. The molecule has 1 aromatic heterocycles. The highest BCUT2D eigenvalue weighted by Crippen LogP contribution is 2.30. The number of nitrogens with zero attached hydrogens (tertiary/aromatic N) is 3. The molecule has 2 heterocycles. The Morgan fingerprint density at radius 1 is 1.39 bits per heavy atom. The molecular formula is C13H23ClN4. The Balaban J connectivity index is 2.07. The molecule has 1 fully saturated rings. The molecule has 2 rings (SSSR count). The Morgan fingerprint density at radius 2 is 2.17 bits per heavy atom. The molecule has 0 amide bonds. The molecule has 5 heteroatoms. The van der Waals surface area contributed by atoms with E-state index in [1.807, 2.05) is 11.6 Å². The molecule has 18 heavy (non-hydrogen) atoms. The van der Waals surface area contributed by atoms with E-state index in [4.69, 9.17) is 17.3 Å². The van der Waals surface area contributed by atoms with E-state index >= 15 is 0 Å². The zero-order valence-corrected chi connectivity index (χ0v) is 12.1. The van der Waals surface area contributed by atoms with Crippen molar-refractivity contribution >= 4 is 17.4 Å². The summed E-state index contributed by atoms with van der Waals surface area (Å²) in [6.07, 6.45) is 4.68. The smallest absolute Gasteiger partial charge is 0.141 e. The van der Waals surface area contributed by atoms with Gasteiger partial charge in [-0.25, -0.2) is 4.68 Å². The first-order chi connectivity index (χ1) is 8.63. The number of likely N-dealkylation sites (tertiary alicyclic amines) is 1. The molecule has 1 atom stereocenters. The van der Waals surface area contributed by atoms with Crippen LogP contribution in [0.4, 0.5) is 5.82 Å². The Kier molecular flexibility index (Phi) is 4.51. The van der Waals surface area contributed by atoms with Crippen LogP contribution in [0.1, 0.15) is 44.3 Å². The molecule has 102 valence electrons. The normalized spacial score (nSPS) is 22.1. The SMILES string of the molecule is CCCN1CCCC(n2nc(C)c(Cl)c2N)CC1. The topological polar surface area (TPSA) is 47.1 Å². The van der Waals surface area contributed by atoms with Gasteiger partial charge in [-0.05, 0) is 45.7 Å². The molecule has 1 aromatic rings. The maximum absolute atomic E-state index is 6.12. The predicted molar refractivity (Wildman–Crippen MR) is 76.0 cm³/mol. The van der Waals surface area contributed by atoms with Crippen LogP contribution in [0.2, 0.25) is 5.02 Å². The summed E-state index contributed by atoms with van der Waals surface area (Å²) in [5, 5.41) is 5.10. The van der Waals surface area contributed by atoms with Crippen LogP contribution in [0.5, 0.6) is 0 Å². The number of anilines is 1. The van der Waals surface area contributed by atoms with Crippen molar-refractivity contribution < 1.29 is 0 Å². The van der Waals surface area contributed by atoms with Crippen LogP contribution in [0.15, 0.2) is 0 Å². The highest BCUT2D eigenvalue weighted by atomic mass is 35.5. The van der Waals surface area contributed by atoms with Gasteiger partial charge in [-0.1, -0.05) is 18.5 Å². The number of rotatable bonds is 3. The predicted octanol–water partition coefficient (Wildman–Crippen LogP) is 2.86. The van der Waals surface area contributed by atoms with Gasteiger partial charge in [0.1, 0.15) is 10.8 Å². The summed E-state index contributed by atoms with van der Waals surface area (Å²) in [7, 11) is 0. The van der Waals surface area contributed by atoms with Crippen molar-refractivity contribution in [3.05, 3.63) is 10.7 Å². The van der Waals surface area contributed by atoms with Gasteiger partial charge in [0.2, 0.25) is 0 Å².